The first kappa shape index (κ1) is 28.1. The number of hydrogen-bond acceptors (Lipinski definition) is 0. The quantitative estimate of drug-likeness (QED) is 0.531. The van der Waals surface area contributed by atoms with Crippen LogP contribution in [0.1, 0.15) is 69.2 Å². The van der Waals surface area contributed by atoms with Crippen LogP contribution in [0.15, 0.2) is 44.6 Å². The van der Waals surface area contributed by atoms with Crippen LogP contribution < -0.4 is 24.8 Å². The van der Waals surface area contributed by atoms with Gasteiger partial charge in [-0.25, -0.2) is 0 Å². The molecular weight excluding hydrogens is 359 g/mol. The van der Waals surface area contributed by atoms with Gasteiger partial charge in [-0.2, -0.15) is 0 Å². The van der Waals surface area contributed by atoms with Crippen molar-refractivity contribution in [2.24, 2.45) is 5.92 Å². The maximum absolute atomic E-state index is 2.28. The van der Waals surface area contributed by atoms with Gasteiger partial charge in [0.25, 0.3) is 0 Å². The molecule has 2 rings (SSSR count). The molecule has 0 aromatic rings. The van der Waals surface area contributed by atoms with Crippen LogP contribution in [0.2, 0.25) is 0 Å². The van der Waals surface area contributed by atoms with Crippen LogP contribution in [-0.2, 0) is 21.7 Å². The van der Waals surface area contributed by atoms with Crippen LogP contribution >= 0.6 is 0 Å². The van der Waals surface area contributed by atoms with E-state index in [4.69, 9.17) is 0 Å². The van der Waals surface area contributed by atoms with Crippen LogP contribution in [-0.4, -0.2) is 0 Å². The van der Waals surface area contributed by atoms with E-state index in [1.807, 2.05) is 0 Å². The average Bonchev–Trinajstić information content (AvgIpc) is 2.71. The van der Waals surface area contributed by atoms with Gasteiger partial charge in [-0.05, 0) is 83.6 Å². The number of hydrogen-bond donors (Lipinski definition) is 0. The van der Waals surface area contributed by atoms with Crippen molar-refractivity contribution < 1.29 is 46.5 Å². The van der Waals surface area contributed by atoms with Crippen molar-refractivity contribution >= 4 is 0 Å². The Balaban J connectivity index is -0.000000308. The molecule has 0 saturated heterocycles. The largest absolute Gasteiger partial charge is 2.00 e. The van der Waals surface area contributed by atoms with E-state index in [-0.39, 0.29) is 46.5 Å². The van der Waals surface area contributed by atoms with Crippen LogP contribution in [0.3, 0.4) is 0 Å². The first-order valence-electron chi connectivity index (χ1n) is 7.65. The first-order chi connectivity index (χ1) is 9.11. The molecule has 2 aliphatic rings. The second-order valence-corrected chi connectivity index (χ2v) is 6.46. The fraction of sp³-hybridized carbons (Fsp3) is 0.550. The van der Waals surface area contributed by atoms with Crippen LogP contribution in [0, 0.1) is 11.8 Å². The third kappa shape index (κ3) is 5.63. The van der Waals surface area contributed by atoms with Crippen molar-refractivity contribution in [3.8, 4) is 0 Å². The molecule has 0 spiro atoms. The van der Waals surface area contributed by atoms with E-state index in [1.54, 1.807) is 11.1 Å². The van der Waals surface area contributed by atoms with E-state index in [1.165, 1.54) is 39.4 Å². The van der Waals surface area contributed by atoms with Crippen molar-refractivity contribution in [3.63, 3.8) is 0 Å². The molecular formula is C20H31Cl2Ti. The van der Waals surface area contributed by atoms with Gasteiger partial charge in [-0.3, -0.25) is 0 Å². The van der Waals surface area contributed by atoms with E-state index < -0.39 is 0 Å². The predicted molar refractivity (Wildman–Crippen MR) is 91.6 cm³/mol. The third-order valence-corrected chi connectivity index (χ3v) is 5.86. The molecule has 0 fully saturated rings. The van der Waals surface area contributed by atoms with Gasteiger partial charge in [-0.15, -0.1) is 0 Å². The van der Waals surface area contributed by atoms with E-state index in [0.717, 1.165) is 0 Å². The molecule has 129 valence electrons. The van der Waals surface area contributed by atoms with Gasteiger partial charge in [0, 0.05) is 5.92 Å². The molecule has 0 heterocycles. The summed E-state index contributed by atoms with van der Waals surface area (Å²) in [4.78, 5) is 0. The molecule has 0 unspecified atom stereocenters. The Bertz CT molecular complexity index is 450. The summed E-state index contributed by atoms with van der Waals surface area (Å²) < 4.78 is 0. The van der Waals surface area contributed by atoms with Crippen molar-refractivity contribution in [1.82, 2.24) is 0 Å². The monoisotopic (exact) mass is 389 g/mol. The molecule has 0 bridgehead atoms. The first-order valence-corrected chi connectivity index (χ1v) is 7.65. The Hall–Kier alpha value is 0.254. The van der Waals surface area contributed by atoms with Crippen molar-refractivity contribution in [2.75, 3.05) is 0 Å². The molecule has 0 N–H and O–H groups in total. The molecule has 23 heavy (non-hydrogen) atoms. The molecule has 0 saturated carbocycles. The Morgan fingerprint density at radius 3 is 0.826 bits per heavy atom. The summed E-state index contributed by atoms with van der Waals surface area (Å²) in [6.07, 6.45) is 0. The topological polar surface area (TPSA) is 0 Å². The van der Waals surface area contributed by atoms with Crippen molar-refractivity contribution in [1.29, 1.82) is 0 Å². The summed E-state index contributed by atoms with van der Waals surface area (Å²) in [7, 11) is 0. The SMILES string of the molecule is CC1=C(C)C(C)C(C)=C1C.C[C]1C(C)=C(C)C(C)=C1C.[Cl-].[Cl-].[Ti+2]. The minimum absolute atomic E-state index is 0. The number of allylic oxidation sites excluding steroid dienone is 8. The van der Waals surface area contributed by atoms with Crippen LogP contribution in [0.5, 0.6) is 0 Å². The standard InChI is InChI=1S/C10H16.C10H15.2ClH.Ti/c2*1-6-7(2)9(4)10(5)8(6)3;;;/h6H,1-5H3;1-5H3;2*1H;/q;;;;+2/p-2. The summed E-state index contributed by atoms with van der Waals surface area (Å²) in [5, 5.41) is 0. The van der Waals surface area contributed by atoms with E-state index in [0.29, 0.717) is 5.92 Å². The smallest absolute Gasteiger partial charge is 1.00 e. The Morgan fingerprint density at radius 1 is 0.478 bits per heavy atom. The zero-order valence-electron chi connectivity index (χ0n) is 16.3. The van der Waals surface area contributed by atoms with E-state index >= 15 is 0 Å². The van der Waals surface area contributed by atoms with Gasteiger partial charge in [0.15, 0.2) is 0 Å². The average molecular weight is 390 g/mol. The molecule has 3 heteroatoms. The molecule has 2 aliphatic carbocycles. The van der Waals surface area contributed by atoms with Gasteiger partial charge in [0.2, 0.25) is 0 Å². The zero-order valence-corrected chi connectivity index (χ0v) is 19.4. The molecule has 0 aromatic carbocycles. The maximum atomic E-state index is 2.28. The van der Waals surface area contributed by atoms with Crippen LogP contribution in [0.4, 0.5) is 0 Å². The van der Waals surface area contributed by atoms with Gasteiger partial charge >= 0.3 is 21.7 Å². The summed E-state index contributed by atoms with van der Waals surface area (Å²) in [5.74, 6) is 2.16. The minimum Gasteiger partial charge on any atom is -1.00 e. The normalized spacial score (nSPS) is 18.5. The Kier molecular flexibility index (Phi) is 13.4. The molecule has 0 nitrogen and oxygen atoms in total. The summed E-state index contributed by atoms with van der Waals surface area (Å²) >= 11 is 0. The maximum Gasteiger partial charge on any atom is 2.00 e. The summed E-state index contributed by atoms with van der Waals surface area (Å²) in [5.41, 5.74) is 12.0. The van der Waals surface area contributed by atoms with Crippen molar-refractivity contribution in [3.05, 3.63) is 50.5 Å². The van der Waals surface area contributed by atoms with E-state index in [9.17, 15) is 0 Å². The van der Waals surface area contributed by atoms with Gasteiger partial charge in [0.1, 0.15) is 0 Å². The van der Waals surface area contributed by atoms with Gasteiger partial charge < -0.3 is 24.8 Å². The van der Waals surface area contributed by atoms with Gasteiger partial charge in [0.05, 0.1) is 0 Å². The molecule has 0 amide bonds. The second kappa shape index (κ2) is 11.0. The van der Waals surface area contributed by atoms with Crippen molar-refractivity contribution in [2.45, 2.75) is 69.2 Å². The predicted octanol–water partition coefficient (Wildman–Crippen LogP) is 0.582. The summed E-state index contributed by atoms with van der Waals surface area (Å²) in [6, 6.07) is 0. The number of halogens is 2. The molecule has 0 aliphatic heterocycles. The third-order valence-electron chi connectivity index (χ3n) is 5.86. The molecule has 0 aromatic heterocycles. The molecule has 0 atom stereocenters. The van der Waals surface area contributed by atoms with E-state index in [2.05, 4.69) is 69.2 Å². The molecule has 1 radical (unpaired) electrons. The minimum atomic E-state index is 0. The second-order valence-electron chi connectivity index (χ2n) is 6.46. The fourth-order valence-corrected chi connectivity index (χ4v) is 2.97. The number of rotatable bonds is 0. The zero-order chi connectivity index (χ0) is 15.8. The summed E-state index contributed by atoms with van der Waals surface area (Å²) in [6.45, 7) is 22.2. The fourth-order valence-electron chi connectivity index (χ4n) is 2.97. The Morgan fingerprint density at radius 2 is 0.739 bits per heavy atom. The van der Waals surface area contributed by atoms with Crippen LogP contribution in [0.25, 0.3) is 0 Å². The Labute approximate surface area is 171 Å². The van der Waals surface area contributed by atoms with Gasteiger partial charge in [-0.1, -0.05) is 36.1 Å².